The second-order valence-electron chi connectivity index (χ2n) is 4.29. The quantitative estimate of drug-likeness (QED) is 0.252. The third-order valence-electron chi connectivity index (χ3n) is 1.99. The van der Waals surface area contributed by atoms with E-state index in [0.717, 1.165) is 0 Å². The standard InChI is InChI=1S/C11H18N4O4S/c1-8(2)14-20(17,18)15-9-4-3-5-10(6-9)19-7-11(12)13-16/h3-6,8,14-16H,7H2,1-2H3,(H2,12,13). The zero-order chi connectivity index (χ0) is 15.2. The van der Waals surface area contributed by atoms with Gasteiger partial charge < -0.3 is 15.7 Å². The summed E-state index contributed by atoms with van der Waals surface area (Å²) in [6.07, 6.45) is 0. The molecule has 8 nitrogen and oxygen atoms in total. The molecule has 0 aliphatic carbocycles. The van der Waals surface area contributed by atoms with Crippen molar-refractivity contribution in [2.75, 3.05) is 11.3 Å². The lowest BCUT2D eigenvalue weighted by Crippen LogP contribution is -2.35. The molecule has 9 heteroatoms. The molecule has 0 spiro atoms. The number of nitrogens with two attached hydrogens (primary N) is 1. The fraction of sp³-hybridized carbons (Fsp3) is 0.364. The van der Waals surface area contributed by atoms with Gasteiger partial charge in [-0.25, -0.2) is 0 Å². The first-order valence-corrected chi connectivity index (χ1v) is 7.30. The van der Waals surface area contributed by atoms with E-state index in [1.54, 1.807) is 32.0 Å². The second-order valence-corrected chi connectivity index (χ2v) is 5.73. The van der Waals surface area contributed by atoms with Gasteiger partial charge >= 0.3 is 0 Å². The summed E-state index contributed by atoms with van der Waals surface area (Å²) in [6.45, 7) is 3.34. The molecule has 0 radical (unpaired) electrons. The van der Waals surface area contributed by atoms with Gasteiger partial charge in [0.25, 0.3) is 10.2 Å². The molecule has 1 rings (SSSR count). The van der Waals surface area contributed by atoms with Crippen molar-refractivity contribution in [3.05, 3.63) is 24.3 Å². The van der Waals surface area contributed by atoms with Crippen molar-refractivity contribution >= 4 is 21.7 Å². The van der Waals surface area contributed by atoms with E-state index < -0.39 is 10.2 Å². The number of ether oxygens (including phenoxy) is 1. The van der Waals surface area contributed by atoms with Gasteiger partial charge in [0, 0.05) is 12.1 Å². The van der Waals surface area contributed by atoms with E-state index in [2.05, 4.69) is 14.6 Å². The predicted molar refractivity (Wildman–Crippen MR) is 76.2 cm³/mol. The third kappa shape index (κ3) is 5.76. The number of hydrogen-bond acceptors (Lipinski definition) is 5. The molecule has 1 aromatic rings. The van der Waals surface area contributed by atoms with Crippen LogP contribution in [0.1, 0.15) is 13.8 Å². The van der Waals surface area contributed by atoms with Crippen molar-refractivity contribution in [1.29, 1.82) is 0 Å². The van der Waals surface area contributed by atoms with Crippen LogP contribution in [0.3, 0.4) is 0 Å². The fourth-order valence-electron chi connectivity index (χ4n) is 1.33. The van der Waals surface area contributed by atoms with E-state index in [9.17, 15) is 8.42 Å². The highest BCUT2D eigenvalue weighted by Crippen LogP contribution is 2.18. The van der Waals surface area contributed by atoms with Crippen LogP contribution in [-0.2, 0) is 10.2 Å². The Morgan fingerprint density at radius 1 is 1.50 bits per heavy atom. The molecule has 1 aromatic carbocycles. The van der Waals surface area contributed by atoms with Crippen LogP contribution in [0.2, 0.25) is 0 Å². The number of nitrogens with zero attached hydrogens (tertiary/aromatic N) is 1. The molecule has 0 atom stereocenters. The highest BCUT2D eigenvalue weighted by molar-refractivity contribution is 7.90. The molecule has 0 aromatic heterocycles. The van der Waals surface area contributed by atoms with Gasteiger partial charge in [0.15, 0.2) is 5.84 Å². The summed E-state index contributed by atoms with van der Waals surface area (Å²) in [4.78, 5) is 0. The molecule has 0 amide bonds. The zero-order valence-electron chi connectivity index (χ0n) is 11.2. The summed E-state index contributed by atoms with van der Waals surface area (Å²) in [5, 5.41) is 11.2. The van der Waals surface area contributed by atoms with Gasteiger partial charge in [-0.15, -0.1) is 0 Å². The number of oxime groups is 1. The first kappa shape index (κ1) is 16.1. The Kier molecular flexibility index (Phi) is 5.59. The number of rotatable bonds is 7. The van der Waals surface area contributed by atoms with E-state index >= 15 is 0 Å². The van der Waals surface area contributed by atoms with Gasteiger partial charge in [0.1, 0.15) is 12.4 Å². The van der Waals surface area contributed by atoms with Crippen LogP contribution >= 0.6 is 0 Å². The Bertz CT molecular complexity index is 572. The topological polar surface area (TPSA) is 126 Å². The molecule has 5 N–H and O–H groups in total. The summed E-state index contributed by atoms with van der Waals surface area (Å²) in [5.74, 6) is 0.304. The van der Waals surface area contributed by atoms with Crippen molar-refractivity contribution in [2.45, 2.75) is 19.9 Å². The molecule has 0 bridgehead atoms. The van der Waals surface area contributed by atoms with E-state index in [0.29, 0.717) is 11.4 Å². The summed E-state index contributed by atoms with van der Waals surface area (Å²) < 4.78 is 33.4. The smallest absolute Gasteiger partial charge is 0.299 e. The molecular formula is C11H18N4O4S. The van der Waals surface area contributed by atoms with Crippen molar-refractivity contribution < 1.29 is 18.4 Å². The van der Waals surface area contributed by atoms with Crippen LogP contribution in [0.4, 0.5) is 5.69 Å². The normalized spacial score (nSPS) is 12.4. The number of anilines is 1. The fourth-order valence-corrected chi connectivity index (χ4v) is 2.45. The van der Waals surface area contributed by atoms with Crippen LogP contribution in [0.25, 0.3) is 0 Å². The molecule has 112 valence electrons. The Morgan fingerprint density at radius 3 is 2.80 bits per heavy atom. The lowest BCUT2D eigenvalue weighted by Gasteiger charge is -2.12. The SMILES string of the molecule is CC(C)NS(=O)(=O)Nc1cccc(OC/C(N)=N/O)c1. The Labute approximate surface area is 117 Å². The van der Waals surface area contributed by atoms with Gasteiger partial charge in [-0.2, -0.15) is 13.1 Å². The predicted octanol–water partition coefficient (Wildman–Crippen LogP) is 0.467. The van der Waals surface area contributed by atoms with Crippen molar-refractivity contribution in [3.8, 4) is 5.75 Å². The molecule has 0 aliphatic heterocycles. The summed E-state index contributed by atoms with van der Waals surface area (Å²) in [6, 6.07) is 6.10. The van der Waals surface area contributed by atoms with Crippen LogP contribution in [-0.4, -0.2) is 32.1 Å². The Morgan fingerprint density at radius 2 is 2.20 bits per heavy atom. The Balaban J connectivity index is 2.73. The summed E-state index contributed by atoms with van der Waals surface area (Å²) in [5.41, 5.74) is 5.61. The highest BCUT2D eigenvalue weighted by Gasteiger charge is 2.11. The maximum Gasteiger partial charge on any atom is 0.299 e. The number of benzene rings is 1. The summed E-state index contributed by atoms with van der Waals surface area (Å²) in [7, 11) is -3.63. The van der Waals surface area contributed by atoms with Crippen molar-refractivity contribution in [3.63, 3.8) is 0 Å². The van der Waals surface area contributed by atoms with E-state index in [-0.39, 0.29) is 18.5 Å². The first-order chi connectivity index (χ1) is 9.32. The number of amidine groups is 1. The molecule has 0 aliphatic rings. The first-order valence-electron chi connectivity index (χ1n) is 5.81. The van der Waals surface area contributed by atoms with Gasteiger partial charge in [-0.05, 0) is 26.0 Å². The molecule has 0 saturated carbocycles. The van der Waals surface area contributed by atoms with Gasteiger partial charge in [-0.3, -0.25) is 4.72 Å². The monoisotopic (exact) mass is 302 g/mol. The van der Waals surface area contributed by atoms with Crippen LogP contribution in [0, 0.1) is 0 Å². The second kappa shape index (κ2) is 6.96. The minimum atomic E-state index is -3.63. The maximum atomic E-state index is 11.7. The lowest BCUT2D eigenvalue weighted by atomic mass is 10.3. The van der Waals surface area contributed by atoms with Crippen LogP contribution in [0.5, 0.6) is 5.75 Å². The molecule has 20 heavy (non-hydrogen) atoms. The van der Waals surface area contributed by atoms with Gasteiger partial charge in [0.05, 0.1) is 5.69 Å². The van der Waals surface area contributed by atoms with E-state index in [1.165, 1.54) is 6.07 Å². The van der Waals surface area contributed by atoms with Crippen LogP contribution in [0.15, 0.2) is 29.4 Å². The zero-order valence-corrected chi connectivity index (χ0v) is 12.0. The van der Waals surface area contributed by atoms with Gasteiger partial charge in [0.2, 0.25) is 0 Å². The van der Waals surface area contributed by atoms with Crippen molar-refractivity contribution in [1.82, 2.24) is 4.72 Å². The minimum absolute atomic E-state index is 0.0857. The highest BCUT2D eigenvalue weighted by atomic mass is 32.2. The molecule has 0 heterocycles. The van der Waals surface area contributed by atoms with Crippen LogP contribution < -0.4 is 19.9 Å². The number of hydrogen-bond donors (Lipinski definition) is 4. The third-order valence-corrected chi connectivity index (χ3v) is 3.28. The molecule has 0 unspecified atom stereocenters. The summed E-state index contributed by atoms with van der Waals surface area (Å²) >= 11 is 0. The molecular weight excluding hydrogens is 284 g/mol. The lowest BCUT2D eigenvalue weighted by molar-refractivity contribution is 0.306. The minimum Gasteiger partial charge on any atom is -0.485 e. The Hall–Kier alpha value is -2.00. The van der Waals surface area contributed by atoms with E-state index in [1.807, 2.05) is 0 Å². The van der Waals surface area contributed by atoms with E-state index in [4.69, 9.17) is 15.7 Å². The largest absolute Gasteiger partial charge is 0.485 e. The molecule has 0 fully saturated rings. The average molecular weight is 302 g/mol. The molecule has 0 saturated heterocycles. The van der Waals surface area contributed by atoms with Gasteiger partial charge in [-0.1, -0.05) is 11.2 Å². The number of nitrogens with one attached hydrogen (secondary N) is 2. The average Bonchev–Trinajstić information content (AvgIpc) is 2.34. The maximum absolute atomic E-state index is 11.7. The van der Waals surface area contributed by atoms with Crippen molar-refractivity contribution in [2.24, 2.45) is 10.9 Å².